The first kappa shape index (κ1) is 12.9. The molecule has 0 aliphatic heterocycles. The summed E-state index contributed by atoms with van der Waals surface area (Å²) >= 11 is 0. The number of halogens is 3. The highest BCUT2D eigenvalue weighted by Crippen LogP contribution is 2.15. The van der Waals surface area contributed by atoms with Gasteiger partial charge in [0.1, 0.15) is 5.82 Å². The van der Waals surface area contributed by atoms with Crippen molar-refractivity contribution in [2.75, 3.05) is 5.73 Å². The quantitative estimate of drug-likeness (QED) is 0.667. The Morgan fingerprint density at radius 1 is 1.29 bits per heavy atom. The summed E-state index contributed by atoms with van der Waals surface area (Å²) < 4.78 is 31.7. The van der Waals surface area contributed by atoms with Crippen molar-refractivity contribution < 1.29 is 23.1 Å². The van der Waals surface area contributed by atoms with E-state index in [1.807, 2.05) is 30.3 Å². The van der Waals surface area contributed by atoms with Crippen LogP contribution in [0.5, 0.6) is 0 Å². The molecule has 2 aromatic rings. The van der Waals surface area contributed by atoms with Crippen LogP contribution < -0.4 is 5.73 Å². The summed E-state index contributed by atoms with van der Waals surface area (Å²) in [6, 6.07) is 9.94. The van der Waals surface area contributed by atoms with Gasteiger partial charge in [-0.3, -0.25) is 0 Å². The van der Waals surface area contributed by atoms with Crippen LogP contribution in [0, 0.1) is 0 Å². The molecule has 0 spiro atoms. The second kappa shape index (κ2) is 4.77. The molecule has 0 fully saturated rings. The number of hydrogen-bond donors (Lipinski definition) is 3. The number of nitrogen functional groups attached to an aromatic ring is 1. The van der Waals surface area contributed by atoms with Gasteiger partial charge >= 0.3 is 12.1 Å². The first-order valence-corrected chi connectivity index (χ1v) is 4.44. The predicted octanol–water partition coefficient (Wildman–Crippen LogP) is 2.38. The minimum Gasteiger partial charge on any atom is -0.475 e. The molecular formula is C10H9F3N2O2. The molecule has 0 saturated carbocycles. The molecule has 0 aliphatic rings. The molecule has 1 aromatic heterocycles. The van der Waals surface area contributed by atoms with Crippen molar-refractivity contribution in [2.24, 2.45) is 0 Å². The third kappa shape index (κ3) is 3.71. The van der Waals surface area contributed by atoms with Gasteiger partial charge in [-0.05, 0) is 12.1 Å². The van der Waals surface area contributed by atoms with Crippen molar-refractivity contribution in [2.45, 2.75) is 6.18 Å². The van der Waals surface area contributed by atoms with Gasteiger partial charge in [0.15, 0.2) is 0 Å². The van der Waals surface area contributed by atoms with E-state index in [9.17, 15) is 13.2 Å². The van der Waals surface area contributed by atoms with Crippen LogP contribution in [0.15, 0.2) is 30.3 Å². The van der Waals surface area contributed by atoms with Crippen molar-refractivity contribution >= 4 is 22.7 Å². The van der Waals surface area contributed by atoms with E-state index >= 15 is 0 Å². The third-order valence-corrected chi connectivity index (χ3v) is 1.79. The van der Waals surface area contributed by atoms with E-state index in [-0.39, 0.29) is 0 Å². The monoisotopic (exact) mass is 246 g/mol. The first-order valence-electron chi connectivity index (χ1n) is 4.44. The van der Waals surface area contributed by atoms with Gasteiger partial charge in [-0.15, -0.1) is 0 Å². The van der Waals surface area contributed by atoms with E-state index in [0.29, 0.717) is 0 Å². The van der Waals surface area contributed by atoms with Gasteiger partial charge in [0.05, 0.1) is 0 Å². The van der Waals surface area contributed by atoms with E-state index in [2.05, 4.69) is 4.98 Å². The maximum atomic E-state index is 10.6. The number of aliphatic carboxylic acids is 1. The van der Waals surface area contributed by atoms with Crippen LogP contribution in [0.3, 0.4) is 0 Å². The number of alkyl halides is 3. The Kier molecular flexibility index (Phi) is 3.62. The number of nitrogens with two attached hydrogens (primary N) is 1. The summed E-state index contributed by atoms with van der Waals surface area (Å²) in [5.74, 6) is -2.03. The normalized spacial score (nSPS) is 10.8. The van der Waals surface area contributed by atoms with Crippen LogP contribution >= 0.6 is 0 Å². The lowest BCUT2D eigenvalue weighted by Gasteiger charge is -1.93. The van der Waals surface area contributed by atoms with Gasteiger partial charge in [0, 0.05) is 10.9 Å². The summed E-state index contributed by atoms with van der Waals surface area (Å²) in [5.41, 5.74) is 6.63. The Morgan fingerprint density at radius 2 is 1.82 bits per heavy atom. The molecular weight excluding hydrogens is 237 g/mol. The van der Waals surface area contributed by atoms with E-state index in [0.717, 1.165) is 11.3 Å². The number of para-hydroxylation sites is 1. The average molecular weight is 246 g/mol. The van der Waals surface area contributed by atoms with Crippen LogP contribution in [-0.2, 0) is 4.79 Å². The first-order chi connectivity index (χ1) is 7.80. The highest BCUT2D eigenvalue weighted by molar-refractivity contribution is 5.83. The molecule has 0 aliphatic carbocycles. The summed E-state index contributed by atoms with van der Waals surface area (Å²) in [6.07, 6.45) is -5.08. The van der Waals surface area contributed by atoms with E-state index in [1.165, 1.54) is 5.39 Å². The van der Waals surface area contributed by atoms with Crippen LogP contribution in [0.4, 0.5) is 19.0 Å². The molecule has 0 amide bonds. The number of H-pyrrole nitrogens is 1. The molecule has 4 nitrogen and oxygen atoms in total. The number of anilines is 1. The summed E-state index contributed by atoms with van der Waals surface area (Å²) in [6.45, 7) is 0. The number of fused-ring (bicyclic) bond motifs is 1. The fourth-order valence-electron chi connectivity index (χ4n) is 1.10. The Hall–Kier alpha value is -2.18. The third-order valence-electron chi connectivity index (χ3n) is 1.79. The zero-order valence-electron chi connectivity index (χ0n) is 8.45. The molecule has 17 heavy (non-hydrogen) atoms. The smallest absolute Gasteiger partial charge is 0.475 e. The SMILES string of the molecule is Nc1cc2ccccc2[nH]1.O=C(O)C(F)(F)F. The second-order valence-electron chi connectivity index (χ2n) is 3.11. The second-order valence-corrected chi connectivity index (χ2v) is 3.11. The number of rotatable bonds is 0. The van der Waals surface area contributed by atoms with Crippen LogP contribution in [0.2, 0.25) is 0 Å². The standard InChI is InChI=1S/C8H8N2.C2HF3O2/c9-8-5-6-3-1-2-4-7(6)10-8;3-2(4,5)1(6)7/h1-5,10H,9H2;(H,6,7). The van der Waals surface area contributed by atoms with Gasteiger partial charge in [-0.2, -0.15) is 13.2 Å². The minimum atomic E-state index is -5.08. The lowest BCUT2D eigenvalue weighted by molar-refractivity contribution is -0.192. The van der Waals surface area contributed by atoms with Gasteiger partial charge in [-0.25, -0.2) is 4.79 Å². The Labute approximate surface area is 93.9 Å². The summed E-state index contributed by atoms with van der Waals surface area (Å²) in [5, 5.41) is 8.29. The molecule has 92 valence electrons. The number of nitrogens with one attached hydrogen (secondary N) is 1. The number of carbonyl (C=O) groups is 1. The molecule has 4 N–H and O–H groups in total. The van der Waals surface area contributed by atoms with Gasteiger partial charge in [-0.1, -0.05) is 18.2 Å². The Bertz CT molecular complexity index is 486. The Morgan fingerprint density at radius 3 is 2.29 bits per heavy atom. The number of hydrogen-bond acceptors (Lipinski definition) is 2. The predicted molar refractivity (Wildman–Crippen MR) is 56.4 cm³/mol. The van der Waals surface area contributed by atoms with Gasteiger partial charge in [0.25, 0.3) is 0 Å². The van der Waals surface area contributed by atoms with Gasteiger partial charge < -0.3 is 15.8 Å². The Balaban J connectivity index is 0.000000185. The highest BCUT2D eigenvalue weighted by atomic mass is 19.4. The number of carboxylic acid groups (broad SMARTS) is 1. The van der Waals surface area contributed by atoms with Gasteiger partial charge in [0.2, 0.25) is 0 Å². The van der Waals surface area contributed by atoms with E-state index in [1.54, 1.807) is 0 Å². The molecule has 0 bridgehead atoms. The van der Waals surface area contributed by atoms with Crippen molar-refractivity contribution in [3.8, 4) is 0 Å². The molecule has 0 radical (unpaired) electrons. The fraction of sp³-hybridized carbons (Fsp3) is 0.100. The maximum absolute atomic E-state index is 10.6. The zero-order chi connectivity index (χ0) is 13.1. The largest absolute Gasteiger partial charge is 0.490 e. The number of benzene rings is 1. The van der Waals surface area contributed by atoms with Crippen LogP contribution in [0.25, 0.3) is 10.9 Å². The molecule has 1 heterocycles. The molecule has 7 heteroatoms. The molecule has 0 saturated heterocycles. The summed E-state index contributed by atoms with van der Waals surface area (Å²) in [4.78, 5) is 11.9. The molecule has 1 aromatic carbocycles. The number of aromatic amines is 1. The maximum Gasteiger partial charge on any atom is 0.490 e. The topological polar surface area (TPSA) is 79.1 Å². The van der Waals surface area contributed by atoms with Crippen molar-refractivity contribution in [1.29, 1.82) is 0 Å². The van der Waals surface area contributed by atoms with Crippen molar-refractivity contribution in [3.63, 3.8) is 0 Å². The van der Waals surface area contributed by atoms with Crippen LogP contribution in [-0.4, -0.2) is 22.2 Å². The molecule has 0 unspecified atom stereocenters. The summed E-state index contributed by atoms with van der Waals surface area (Å²) in [7, 11) is 0. The van der Waals surface area contributed by atoms with Crippen molar-refractivity contribution in [1.82, 2.24) is 4.98 Å². The lowest BCUT2D eigenvalue weighted by atomic mass is 10.3. The van der Waals surface area contributed by atoms with E-state index < -0.39 is 12.1 Å². The number of carboxylic acids is 1. The molecule has 0 atom stereocenters. The van der Waals surface area contributed by atoms with Crippen molar-refractivity contribution in [3.05, 3.63) is 30.3 Å². The minimum absolute atomic E-state index is 0.723. The average Bonchev–Trinajstić information content (AvgIpc) is 2.57. The number of aromatic nitrogens is 1. The zero-order valence-corrected chi connectivity index (χ0v) is 8.45. The highest BCUT2D eigenvalue weighted by Gasteiger charge is 2.38. The van der Waals surface area contributed by atoms with Crippen LogP contribution in [0.1, 0.15) is 0 Å². The fourth-order valence-corrected chi connectivity index (χ4v) is 1.10. The molecule has 2 rings (SSSR count). The lowest BCUT2D eigenvalue weighted by Crippen LogP contribution is -2.21. The van der Waals surface area contributed by atoms with E-state index in [4.69, 9.17) is 15.6 Å².